The van der Waals surface area contributed by atoms with E-state index in [1.165, 1.54) is 11.3 Å². The molecule has 0 radical (unpaired) electrons. The maximum atomic E-state index is 12.5. The molecule has 1 saturated heterocycles. The maximum Gasteiger partial charge on any atom is 0.323 e. The Bertz CT molecular complexity index is 789. The smallest absolute Gasteiger partial charge is 0.323 e. The number of anilines is 2. The van der Waals surface area contributed by atoms with Gasteiger partial charge in [0.2, 0.25) is 5.91 Å². The van der Waals surface area contributed by atoms with E-state index in [9.17, 15) is 9.59 Å². The fraction of sp³-hybridized carbons (Fsp3) is 0.500. The number of amides is 3. The van der Waals surface area contributed by atoms with E-state index in [1.807, 2.05) is 23.6 Å². The van der Waals surface area contributed by atoms with Crippen molar-refractivity contribution in [1.29, 1.82) is 0 Å². The number of piperazine rings is 1. The molecule has 29 heavy (non-hydrogen) atoms. The average Bonchev–Trinajstić information content (AvgIpc) is 3.18. The summed E-state index contributed by atoms with van der Waals surface area (Å²) >= 11 is 1.34. The van der Waals surface area contributed by atoms with Crippen molar-refractivity contribution in [1.82, 2.24) is 20.2 Å². The van der Waals surface area contributed by atoms with Crippen LogP contribution in [0.2, 0.25) is 0 Å². The lowest BCUT2D eigenvalue weighted by atomic mass is 10.2. The van der Waals surface area contributed by atoms with Gasteiger partial charge in [-0.3, -0.25) is 10.1 Å². The minimum absolute atomic E-state index is 0.0325. The summed E-state index contributed by atoms with van der Waals surface area (Å²) < 4.78 is 0. The molecule has 0 atom stereocenters. The quantitative estimate of drug-likeness (QED) is 0.646. The van der Waals surface area contributed by atoms with Gasteiger partial charge in [0.25, 0.3) is 0 Å². The van der Waals surface area contributed by atoms with Crippen LogP contribution in [0.15, 0.2) is 29.8 Å². The van der Waals surface area contributed by atoms with Crippen LogP contribution in [-0.2, 0) is 11.2 Å². The second-order valence-corrected chi connectivity index (χ2v) is 7.83. The third-order valence-corrected chi connectivity index (χ3v) is 5.56. The minimum atomic E-state index is -0.157. The lowest BCUT2D eigenvalue weighted by molar-refractivity contribution is -0.120. The second kappa shape index (κ2) is 10.8. The number of urea groups is 1. The van der Waals surface area contributed by atoms with E-state index in [1.54, 1.807) is 11.1 Å². The molecule has 0 aliphatic carbocycles. The molecule has 1 fully saturated rings. The number of aromatic nitrogens is 2. The Hall–Kier alpha value is -2.68. The van der Waals surface area contributed by atoms with E-state index < -0.39 is 0 Å². The van der Waals surface area contributed by atoms with Crippen molar-refractivity contribution in [2.75, 3.05) is 42.9 Å². The number of rotatable bonds is 8. The van der Waals surface area contributed by atoms with Crippen molar-refractivity contribution < 1.29 is 9.59 Å². The fourth-order valence-electron chi connectivity index (χ4n) is 3.13. The Labute approximate surface area is 175 Å². The molecule has 8 nitrogen and oxygen atoms in total. The zero-order valence-corrected chi connectivity index (χ0v) is 17.6. The van der Waals surface area contributed by atoms with Gasteiger partial charge < -0.3 is 15.1 Å². The number of hydrogen-bond acceptors (Lipinski definition) is 6. The molecule has 1 aliphatic heterocycles. The number of unbranched alkanes of at least 4 members (excludes halogenated alkanes) is 2. The summed E-state index contributed by atoms with van der Waals surface area (Å²) in [6.45, 7) is 5.57. The second-order valence-electron chi connectivity index (χ2n) is 6.97. The van der Waals surface area contributed by atoms with Crippen LogP contribution in [0, 0.1) is 0 Å². The first-order valence-electron chi connectivity index (χ1n) is 10.1. The Morgan fingerprint density at radius 3 is 2.72 bits per heavy atom. The van der Waals surface area contributed by atoms with Crippen molar-refractivity contribution in [3.05, 3.63) is 35.5 Å². The van der Waals surface area contributed by atoms with E-state index in [0.29, 0.717) is 30.5 Å². The molecule has 9 heteroatoms. The summed E-state index contributed by atoms with van der Waals surface area (Å²) in [5.74, 6) is 0.903. The van der Waals surface area contributed by atoms with E-state index in [4.69, 9.17) is 0 Å². The summed E-state index contributed by atoms with van der Waals surface area (Å²) in [6, 6.07) is 5.68. The summed E-state index contributed by atoms with van der Waals surface area (Å²) in [4.78, 5) is 37.1. The number of nitrogens with zero attached hydrogens (tertiary/aromatic N) is 4. The Kier molecular flexibility index (Phi) is 7.80. The lowest BCUT2D eigenvalue weighted by Crippen LogP contribution is -2.50. The van der Waals surface area contributed by atoms with E-state index in [-0.39, 0.29) is 18.4 Å². The van der Waals surface area contributed by atoms with Crippen LogP contribution in [0.3, 0.4) is 0 Å². The molecular weight excluding hydrogens is 388 g/mol. The van der Waals surface area contributed by atoms with Gasteiger partial charge >= 0.3 is 6.03 Å². The summed E-state index contributed by atoms with van der Waals surface area (Å²) in [6.07, 6.45) is 5.25. The number of carbonyl (C=O) groups is 2. The van der Waals surface area contributed by atoms with Gasteiger partial charge in [-0.05, 0) is 18.6 Å². The van der Waals surface area contributed by atoms with Gasteiger partial charge in [0.05, 0.1) is 12.1 Å². The Balaban J connectivity index is 1.42. The van der Waals surface area contributed by atoms with E-state index in [2.05, 4.69) is 32.4 Å². The van der Waals surface area contributed by atoms with Crippen molar-refractivity contribution in [3.8, 4) is 0 Å². The lowest BCUT2D eigenvalue weighted by Gasteiger charge is -2.35. The Morgan fingerprint density at radius 1 is 1.17 bits per heavy atom. The van der Waals surface area contributed by atoms with Crippen LogP contribution in [0.1, 0.15) is 31.9 Å². The molecule has 3 rings (SSSR count). The van der Waals surface area contributed by atoms with Gasteiger partial charge in [0.15, 0.2) is 5.13 Å². The van der Waals surface area contributed by atoms with Crippen LogP contribution in [-0.4, -0.2) is 59.5 Å². The third kappa shape index (κ3) is 6.42. The summed E-state index contributed by atoms with van der Waals surface area (Å²) in [7, 11) is 0. The van der Waals surface area contributed by atoms with Crippen LogP contribution < -0.4 is 15.5 Å². The molecular formula is C20H28N6O2S. The number of thiazole rings is 1. The maximum absolute atomic E-state index is 12.5. The van der Waals surface area contributed by atoms with Crippen LogP contribution in [0.5, 0.6) is 0 Å². The van der Waals surface area contributed by atoms with Crippen molar-refractivity contribution in [2.45, 2.75) is 32.6 Å². The fourth-order valence-corrected chi connectivity index (χ4v) is 3.83. The third-order valence-electron chi connectivity index (χ3n) is 4.75. The molecule has 3 heterocycles. The van der Waals surface area contributed by atoms with Crippen molar-refractivity contribution >= 4 is 34.2 Å². The number of pyridine rings is 1. The molecule has 0 unspecified atom stereocenters. The van der Waals surface area contributed by atoms with Gasteiger partial charge in [-0.2, -0.15) is 0 Å². The highest BCUT2D eigenvalue weighted by Crippen LogP contribution is 2.18. The topological polar surface area (TPSA) is 90.5 Å². The van der Waals surface area contributed by atoms with Gasteiger partial charge in [0, 0.05) is 44.3 Å². The van der Waals surface area contributed by atoms with Gasteiger partial charge in [-0.15, -0.1) is 11.3 Å². The van der Waals surface area contributed by atoms with E-state index >= 15 is 0 Å². The standard InChI is InChI=1S/C20H28N6O2S/c1-2-3-5-9-22-18(27)14-16-15-29-19(23-16)24-20(28)26-12-10-25(11-13-26)17-7-4-6-8-21-17/h4,6-8,15H,2-3,5,9-14H2,1H3,(H,22,27)(H,23,24,28). The molecule has 0 saturated carbocycles. The average molecular weight is 417 g/mol. The Morgan fingerprint density at radius 2 is 2.00 bits per heavy atom. The van der Waals surface area contributed by atoms with Crippen LogP contribution in [0.4, 0.5) is 15.7 Å². The zero-order valence-electron chi connectivity index (χ0n) is 16.8. The highest BCUT2D eigenvalue weighted by molar-refractivity contribution is 7.13. The number of carbonyl (C=O) groups excluding carboxylic acids is 2. The molecule has 0 bridgehead atoms. The largest absolute Gasteiger partial charge is 0.356 e. The predicted molar refractivity (Wildman–Crippen MR) is 115 cm³/mol. The number of nitrogens with one attached hydrogen (secondary N) is 2. The minimum Gasteiger partial charge on any atom is -0.356 e. The number of hydrogen-bond donors (Lipinski definition) is 2. The van der Waals surface area contributed by atoms with Gasteiger partial charge in [0.1, 0.15) is 5.82 Å². The monoisotopic (exact) mass is 416 g/mol. The molecule has 0 spiro atoms. The molecule has 156 valence electrons. The van der Waals surface area contributed by atoms with Crippen LogP contribution in [0.25, 0.3) is 0 Å². The highest BCUT2D eigenvalue weighted by Gasteiger charge is 2.22. The first kappa shape index (κ1) is 21.0. The molecule has 2 aromatic rings. The SMILES string of the molecule is CCCCCNC(=O)Cc1csc(NC(=O)N2CCN(c3ccccn3)CC2)n1. The normalized spacial score (nSPS) is 14.0. The molecule has 3 amide bonds. The predicted octanol–water partition coefficient (Wildman–Crippen LogP) is 2.74. The molecule has 2 aromatic heterocycles. The van der Waals surface area contributed by atoms with E-state index in [0.717, 1.165) is 38.2 Å². The van der Waals surface area contributed by atoms with Crippen LogP contribution >= 0.6 is 11.3 Å². The van der Waals surface area contributed by atoms with Crippen molar-refractivity contribution in [2.24, 2.45) is 0 Å². The first-order valence-corrected chi connectivity index (χ1v) is 11.0. The summed E-state index contributed by atoms with van der Waals surface area (Å²) in [5, 5.41) is 8.10. The molecule has 2 N–H and O–H groups in total. The highest BCUT2D eigenvalue weighted by atomic mass is 32.1. The van der Waals surface area contributed by atoms with Gasteiger partial charge in [-0.1, -0.05) is 25.8 Å². The van der Waals surface area contributed by atoms with Gasteiger partial charge in [-0.25, -0.2) is 14.8 Å². The van der Waals surface area contributed by atoms with Crippen molar-refractivity contribution in [3.63, 3.8) is 0 Å². The first-order chi connectivity index (χ1) is 14.2. The molecule has 0 aromatic carbocycles. The summed E-state index contributed by atoms with van der Waals surface area (Å²) in [5.41, 5.74) is 0.679. The zero-order chi connectivity index (χ0) is 20.5. The molecule has 1 aliphatic rings.